The second kappa shape index (κ2) is 5.30. The van der Waals surface area contributed by atoms with E-state index in [2.05, 4.69) is 23.8 Å². The van der Waals surface area contributed by atoms with Crippen LogP contribution in [0.25, 0.3) is 10.7 Å². The standard InChI is InChI=1S/C12H15N3O2S/c1-4-17-12(16)9-6-18-11(14-9)10-5-13-7-15(10)8(2)3/h5-8H,4H2,1-3H3. The summed E-state index contributed by atoms with van der Waals surface area (Å²) in [4.78, 5) is 20.0. The molecular weight excluding hydrogens is 250 g/mol. The largest absolute Gasteiger partial charge is 0.461 e. The molecule has 0 unspecified atom stereocenters. The number of carbonyl (C=O) groups excluding carboxylic acids is 1. The van der Waals surface area contributed by atoms with Crippen LogP contribution in [0.5, 0.6) is 0 Å². The van der Waals surface area contributed by atoms with Crippen LogP contribution < -0.4 is 0 Å². The normalized spacial score (nSPS) is 10.9. The highest BCUT2D eigenvalue weighted by atomic mass is 32.1. The predicted octanol–water partition coefficient (Wildman–Crippen LogP) is 2.76. The molecule has 2 heterocycles. The number of ether oxygens (including phenoxy) is 1. The number of thiazole rings is 1. The fourth-order valence-electron chi connectivity index (χ4n) is 1.57. The van der Waals surface area contributed by atoms with Gasteiger partial charge in [-0.3, -0.25) is 0 Å². The summed E-state index contributed by atoms with van der Waals surface area (Å²) in [5.74, 6) is -0.379. The molecule has 0 saturated heterocycles. The van der Waals surface area contributed by atoms with Crippen molar-refractivity contribution in [3.8, 4) is 10.7 Å². The number of imidazole rings is 1. The minimum absolute atomic E-state index is 0.303. The van der Waals surface area contributed by atoms with Crippen molar-refractivity contribution in [2.45, 2.75) is 26.8 Å². The average Bonchev–Trinajstić information content (AvgIpc) is 2.98. The summed E-state index contributed by atoms with van der Waals surface area (Å²) in [7, 11) is 0. The molecule has 5 nitrogen and oxygen atoms in total. The number of esters is 1. The number of nitrogens with zero attached hydrogens (tertiary/aromatic N) is 3. The molecule has 0 N–H and O–H groups in total. The molecule has 0 spiro atoms. The summed E-state index contributed by atoms with van der Waals surface area (Å²) in [6.07, 6.45) is 3.53. The fourth-order valence-corrected chi connectivity index (χ4v) is 2.37. The average molecular weight is 265 g/mol. The topological polar surface area (TPSA) is 57.0 Å². The van der Waals surface area contributed by atoms with Crippen LogP contribution in [0.15, 0.2) is 17.9 Å². The van der Waals surface area contributed by atoms with Gasteiger partial charge in [0.15, 0.2) is 5.69 Å². The lowest BCUT2D eigenvalue weighted by molar-refractivity contribution is 0.0520. The molecule has 0 atom stereocenters. The summed E-state index contributed by atoms with van der Waals surface area (Å²) in [6, 6.07) is 0.303. The van der Waals surface area contributed by atoms with E-state index in [9.17, 15) is 4.79 Å². The van der Waals surface area contributed by atoms with E-state index in [0.29, 0.717) is 18.3 Å². The molecular formula is C12H15N3O2S. The Labute approximate surface area is 109 Å². The molecule has 0 aliphatic rings. The summed E-state index contributed by atoms with van der Waals surface area (Å²) in [5, 5.41) is 2.50. The third kappa shape index (κ3) is 2.43. The van der Waals surface area contributed by atoms with Crippen molar-refractivity contribution in [1.82, 2.24) is 14.5 Å². The molecule has 0 radical (unpaired) electrons. The molecule has 0 fully saturated rings. The zero-order valence-electron chi connectivity index (χ0n) is 10.6. The van der Waals surface area contributed by atoms with Crippen LogP contribution in [0, 0.1) is 0 Å². The van der Waals surface area contributed by atoms with Gasteiger partial charge in [-0.15, -0.1) is 11.3 Å². The van der Waals surface area contributed by atoms with Gasteiger partial charge in [0, 0.05) is 11.4 Å². The van der Waals surface area contributed by atoms with Crippen LogP contribution in [0.4, 0.5) is 0 Å². The maximum atomic E-state index is 11.5. The van der Waals surface area contributed by atoms with E-state index in [4.69, 9.17) is 4.74 Å². The number of rotatable bonds is 4. The first-order chi connectivity index (χ1) is 8.63. The first-order valence-electron chi connectivity index (χ1n) is 5.78. The van der Waals surface area contributed by atoms with Gasteiger partial charge in [-0.1, -0.05) is 0 Å². The third-order valence-corrected chi connectivity index (χ3v) is 3.30. The van der Waals surface area contributed by atoms with E-state index >= 15 is 0 Å². The molecule has 0 aromatic carbocycles. The van der Waals surface area contributed by atoms with Gasteiger partial charge in [-0.2, -0.15) is 0 Å². The van der Waals surface area contributed by atoms with Crippen molar-refractivity contribution in [2.75, 3.05) is 6.61 Å². The van der Waals surface area contributed by atoms with Gasteiger partial charge in [-0.25, -0.2) is 14.8 Å². The fraction of sp³-hybridized carbons (Fsp3) is 0.417. The summed E-state index contributed by atoms with van der Waals surface area (Å²) < 4.78 is 6.94. The first kappa shape index (κ1) is 12.8. The van der Waals surface area contributed by atoms with E-state index in [1.165, 1.54) is 11.3 Å². The van der Waals surface area contributed by atoms with Crippen LogP contribution in [-0.2, 0) is 4.74 Å². The number of hydrogen-bond donors (Lipinski definition) is 0. The minimum atomic E-state index is -0.379. The van der Waals surface area contributed by atoms with Gasteiger partial charge in [-0.05, 0) is 20.8 Å². The van der Waals surface area contributed by atoms with Gasteiger partial charge >= 0.3 is 5.97 Å². The molecule has 2 aromatic rings. The summed E-state index contributed by atoms with van der Waals surface area (Å²) in [6.45, 7) is 6.28. The van der Waals surface area contributed by atoms with Crippen LogP contribution in [-0.4, -0.2) is 27.1 Å². The highest BCUT2D eigenvalue weighted by Gasteiger charge is 2.15. The Hall–Kier alpha value is -1.69. The second-order valence-electron chi connectivity index (χ2n) is 4.04. The Morgan fingerprint density at radius 3 is 3.00 bits per heavy atom. The van der Waals surface area contributed by atoms with Gasteiger partial charge in [0.2, 0.25) is 0 Å². The van der Waals surface area contributed by atoms with Gasteiger partial charge in [0.25, 0.3) is 0 Å². The van der Waals surface area contributed by atoms with Gasteiger partial charge in [0.1, 0.15) is 5.01 Å². The molecule has 0 aliphatic heterocycles. The van der Waals surface area contributed by atoms with Crippen molar-refractivity contribution >= 4 is 17.3 Å². The van der Waals surface area contributed by atoms with E-state index in [-0.39, 0.29) is 5.97 Å². The highest BCUT2D eigenvalue weighted by Crippen LogP contribution is 2.25. The first-order valence-corrected chi connectivity index (χ1v) is 6.66. The molecule has 0 saturated carbocycles. The molecule has 2 rings (SSSR count). The van der Waals surface area contributed by atoms with Crippen molar-refractivity contribution in [2.24, 2.45) is 0 Å². The van der Waals surface area contributed by atoms with Crippen molar-refractivity contribution < 1.29 is 9.53 Å². The van der Waals surface area contributed by atoms with E-state index in [1.54, 1.807) is 24.8 Å². The van der Waals surface area contributed by atoms with E-state index < -0.39 is 0 Å². The minimum Gasteiger partial charge on any atom is -0.461 e. The maximum Gasteiger partial charge on any atom is 0.357 e. The summed E-state index contributed by atoms with van der Waals surface area (Å²) in [5.41, 5.74) is 1.28. The van der Waals surface area contributed by atoms with Crippen molar-refractivity contribution in [3.05, 3.63) is 23.6 Å². The van der Waals surface area contributed by atoms with Crippen molar-refractivity contribution in [1.29, 1.82) is 0 Å². The molecule has 96 valence electrons. The van der Waals surface area contributed by atoms with Crippen molar-refractivity contribution in [3.63, 3.8) is 0 Å². The lowest BCUT2D eigenvalue weighted by atomic mass is 10.3. The Balaban J connectivity index is 2.29. The van der Waals surface area contributed by atoms with Gasteiger partial charge in [0.05, 0.1) is 24.8 Å². The monoisotopic (exact) mass is 265 g/mol. The SMILES string of the molecule is CCOC(=O)c1csc(-c2cncn2C(C)C)n1. The lowest BCUT2D eigenvalue weighted by Crippen LogP contribution is -2.05. The van der Waals surface area contributed by atoms with E-state index in [0.717, 1.165) is 10.7 Å². The Morgan fingerprint density at radius 2 is 2.33 bits per heavy atom. The molecule has 0 amide bonds. The highest BCUT2D eigenvalue weighted by molar-refractivity contribution is 7.13. The Bertz CT molecular complexity index is 545. The lowest BCUT2D eigenvalue weighted by Gasteiger charge is -2.09. The molecule has 2 aromatic heterocycles. The molecule has 0 aliphatic carbocycles. The molecule has 18 heavy (non-hydrogen) atoms. The Morgan fingerprint density at radius 1 is 1.56 bits per heavy atom. The quantitative estimate of drug-likeness (QED) is 0.798. The number of aromatic nitrogens is 3. The second-order valence-corrected chi connectivity index (χ2v) is 4.90. The third-order valence-electron chi connectivity index (χ3n) is 2.43. The number of hydrogen-bond acceptors (Lipinski definition) is 5. The molecule has 0 bridgehead atoms. The van der Waals surface area contributed by atoms with Crippen LogP contribution in [0.2, 0.25) is 0 Å². The predicted molar refractivity (Wildman–Crippen MR) is 69.7 cm³/mol. The number of carbonyl (C=O) groups is 1. The van der Waals surface area contributed by atoms with Crippen LogP contribution in [0.1, 0.15) is 37.3 Å². The van der Waals surface area contributed by atoms with E-state index in [1.807, 2.05) is 4.57 Å². The Kier molecular flexibility index (Phi) is 3.76. The van der Waals surface area contributed by atoms with Crippen LogP contribution >= 0.6 is 11.3 Å². The van der Waals surface area contributed by atoms with Gasteiger partial charge < -0.3 is 9.30 Å². The zero-order chi connectivity index (χ0) is 13.1. The smallest absolute Gasteiger partial charge is 0.357 e. The zero-order valence-corrected chi connectivity index (χ0v) is 11.4. The maximum absolute atomic E-state index is 11.5. The molecule has 6 heteroatoms. The summed E-state index contributed by atoms with van der Waals surface area (Å²) >= 11 is 1.42. The van der Waals surface area contributed by atoms with Crippen LogP contribution in [0.3, 0.4) is 0 Å².